The zero-order valence-corrected chi connectivity index (χ0v) is 14.4. The van der Waals surface area contributed by atoms with Crippen LogP contribution < -0.4 is 24.3 Å². The monoisotopic (exact) mass is 347 g/mol. The number of amides is 1. The Kier molecular flexibility index (Phi) is 6.82. The SMILES string of the molecule is CCOc1ncc(NC(=O)COc2ccccc2OC)c(OCC)n1. The molecule has 0 fully saturated rings. The molecule has 2 rings (SSSR count). The van der Waals surface area contributed by atoms with E-state index in [0.717, 1.165) is 0 Å². The van der Waals surface area contributed by atoms with Gasteiger partial charge in [-0.15, -0.1) is 0 Å². The summed E-state index contributed by atoms with van der Waals surface area (Å²) in [7, 11) is 1.54. The Labute approximate surface area is 146 Å². The highest BCUT2D eigenvalue weighted by Gasteiger charge is 2.13. The summed E-state index contributed by atoms with van der Waals surface area (Å²) < 4.78 is 21.3. The van der Waals surface area contributed by atoms with E-state index in [0.29, 0.717) is 30.4 Å². The quantitative estimate of drug-likeness (QED) is 0.744. The molecule has 0 spiro atoms. The number of carbonyl (C=O) groups is 1. The van der Waals surface area contributed by atoms with E-state index in [4.69, 9.17) is 18.9 Å². The maximum absolute atomic E-state index is 12.1. The first-order chi connectivity index (χ1) is 12.2. The Morgan fingerprint density at radius 2 is 1.80 bits per heavy atom. The minimum Gasteiger partial charge on any atom is -0.493 e. The van der Waals surface area contributed by atoms with Crippen LogP contribution in [-0.4, -0.2) is 42.8 Å². The number of ether oxygens (including phenoxy) is 4. The summed E-state index contributed by atoms with van der Waals surface area (Å²) in [4.78, 5) is 20.3. The summed E-state index contributed by atoms with van der Waals surface area (Å²) in [5, 5.41) is 2.66. The van der Waals surface area contributed by atoms with Gasteiger partial charge in [0.15, 0.2) is 18.1 Å². The topological polar surface area (TPSA) is 91.8 Å². The van der Waals surface area contributed by atoms with Crippen molar-refractivity contribution in [1.29, 1.82) is 0 Å². The smallest absolute Gasteiger partial charge is 0.319 e. The highest BCUT2D eigenvalue weighted by atomic mass is 16.5. The number of hydrogen-bond acceptors (Lipinski definition) is 7. The Hall–Kier alpha value is -3.03. The fourth-order valence-electron chi connectivity index (χ4n) is 1.95. The molecule has 2 aromatic rings. The molecule has 1 aromatic carbocycles. The van der Waals surface area contributed by atoms with Crippen molar-refractivity contribution in [2.45, 2.75) is 13.8 Å². The normalized spacial score (nSPS) is 10.0. The molecule has 1 heterocycles. The van der Waals surface area contributed by atoms with Crippen molar-refractivity contribution in [3.8, 4) is 23.4 Å². The molecule has 0 bridgehead atoms. The van der Waals surface area contributed by atoms with Crippen LogP contribution in [0.3, 0.4) is 0 Å². The number of carbonyl (C=O) groups excluding carboxylic acids is 1. The Bertz CT molecular complexity index is 708. The van der Waals surface area contributed by atoms with Crippen LogP contribution in [0.5, 0.6) is 23.4 Å². The van der Waals surface area contributed by atoms with E-state index in [-0.39, 0.29) is 24.4 Å². The van der Waals surface area contributed by atoms with Crippen molar-refractivity contribution in [1.82, 2.24) is 9.97 Å². The van der Waals surface area contributed by atoms with Gasteiger partial charge in [0, 0.05) is 0 Å². The Balaban J connectivity index is 2.02. The van der Waals surface area contributed by atoms with Crippen LogP contribution in [0.25, 0.3) is 0 Å². The molecule has 134 valence electrons. The maximum Gasteiger partial charge on any atom is 0.319 e. The van der Waals surface area contributed by atoms with E-state index in [1.165, 1.54) is 13.3 Å². The van der Waals surface area contributed by atoms with E-state index in [1.807, 2.05) is 19.9 Å². The summed E-state index contributed by atoms with van der Waals surface area (Å²) in [6, 6.07) is 7.27. The van der Waals surface area contributed by atoms with Gasteiger partial charge in [-0.05, 0) is 26.0 Å². The fourth-order valence-corrected chi connectivity index (χ4v) is 1.95. The standard InChI is InChI=1S/C17H21N3O5/c1-4-23-16-12(10-18-17(20-16)24-5-2)19-15(21)11-25-14-9-7-6-8-13(14)22-3/h6-10H,4-5,11H2,1-3H3,(H,19,21). The maximum atomic E-state index is 12.1. The molecule has 0 saturated carbocycles. The van der Waals surface area contributed by atoms with Crippen LogP contribution in [0.2, 0.25) is 0 Å². The highest BCUT2D eigenvalue weighted by molar-refractivity contribution is 5.92. The predicted molar refractivity (Wildman–Crippen MR) is 91.5 cm³/mol. The van der Waals surface area contributed by atoms with Crippen LogP contribution in [0.1, 0.15) is 13.8 Å². The molecule has 0 atom stereocenters. The van der Waals surface area contributed by atoms with Crippen molar-refractivity contribution in [2.75, 3.05) is 32.2 Å². The van der Waals surface area contributed by atoms with Crippen molar-refractivity contribution in [3.05, 3.63) is 30.5 Å². The molecule has 1 amide bonds. The first kappa shape index (κ1) is 18.3. The van der Waals surface area contributed by atoms with Crippen molar-refractivity contribution in [2.24, 2.45) is 0 Å². The first-order valence-corrected chi connectivity index (χ1v) is 7.86. The zero-order chi connectivity index (χ0) is 18.1. The molecule has 0 aliphatic carbocycles. The lowest BCUT2D eigenvalue weighted by molar-refractivity contribution is -0.118. The largest absolute Gasteiger partial charge is 0.493 e. The number of benzene rings is 1. The summed E-state index contributed by atoms with van der Waals surface area (Å²) in [6.45, 7) is 4.28. The second-order valence-electron chi connectivity index (χ2n) is 4.73. The third-order valence-corrected chi connectivity index (χ3v) is 2.99. The number of nitrogens with zero attached hydrogens (tertiary/aromatic N) is 2. The molecule has 1 aromatic heterocycles. The summed E-state index contributed by atoms with van der Waals surface area (Å²) >= 11 is 0. The summed E-state index contributed by atoms with van der Waals surface area (Å²) in [5.74, 6) is 0.897. The molecule has 0 unspecified atom stereocenters. The van der Waals surface area contributed by atoms with Crippen molar-refractivity contribution >= 4 is 11.6 Å². The second kappa shape index (κ2) is 9.31. The van der Waals surface area contributed by atoms with E-state index in [2.05, 4.69) is 15.3 Å². The number of para-hydroxylation sites is 2. The number of aromatic nitrogens is 2. The number of nitrogens with one attached hydrogen (secondary N) is 1. The minimum absolute atomic E-state index is 0.189. The third kappa shape index (κ3) is 5.23. The lowest BCUT2D eigenvalue weighted by Crippen LogP contribution is -2.21. The van der Waals surface area contributed by atoms with E-state index in [1.54, 1.807) is 18.2 Å². The summed E-state index contributed by atoms with van der Waals surface area (Å²) in [6.07, 6.45) is 1.43. The van der Waals surface area contributed by atoms with E-state index < -0.39 is 0 Å². The molecule has 8 heteroatoms. The third-order valence-electron chi connectivity index (χ3n) is 2.99. The lowest BCUT2D eigenvalue weighted by Gasteiger charge is -2.12. The number of anilines is 1. The molecule has 0 aliphatic rings. The van der Waals surface area contributed by atoms with Gasteiger partial charge in [-0.2, -0.15) is 4.98 Å². The van der Waals surface area contributed by atoms with Gasteiger partial charge >= 0.3 is 6.01 Å². The molecule has 1 N–H and O–H groups in total. The van der Waals surface area contributed by atoms with Gasteiger partial charge in [-0.1, -0.05) is 12.1 Å². The highest BCUT2D eigenvalue weighted by Crippen LogP contribution is 2.26. The van der Waals surface area contributed by atoms with Gasteiger partial charge in [0.25, 0.3) is 5.91 Å². The zero-order valence-electron chi connectivity index (χ0n) is 14.4. The fraction of sp³-hybridized carbons (Fsp3) is 0.353. The predicted octanol–water partition coefficient (Wildman–Crippen LogP) is 2.30. The molecular weight excluding hydrogens is 326 g/mol. The lowest BCUT2D eigenvalue weighted by atomic mass is 10.3. The van der Waals surface area contributed by atoms with Crippen LogP contribution in [0.15, 0.2) is 30.5 Å². The van der Waals surface area contributed by atoms with Gasteiger partial charge in [0.05, 0.1) is 26.5 Å². The molecule has 8 nitrogen and oxygen atoms in total. The van der Waals surface area contributed by atoms with Crippen LogP contribution in [0.4, 0.5) is 5.69 Å². The summed E-state index contributed by atoms with van der Waals surface area (Å²) in [5.41, 5.74) is 0.346. The molecule has 25 heavy (non-hydrogen) atoms. The van der Waals surface area contributed by atoms with E-state index >= 15 is 0 Å². The second-order valence-corrected chi connectivity index (χ2v) is 4.73. The van der Waals surface area contributed by atoms with Gasteiger partial charge in [-0.3, -0.25) is 4.79 Å². The van der Waals surface area contributed by atoms with Gasteiger partial charge in [0.1, 0.15) is 5.69 Å². The molecule has 0 radical (unpaired) electrons. The Morgan fingerprint density at radius 3 is 2.48 bits per heavy atom. The van der Waals surface area contributed by atoms with Gasteiger partial charge in [-0.25, -0.2) is 4.98 Å². The Morgan fingerprint density at radius 1 is 1.08 bits per heavy atom. The van der Waals surface area contributed by atoms with Crippen molar-refractivity contribution < 1.29 is 23.7 Å². The van der Waals surface area contributed by atoms with Crippen LogP contribution in [0, 0.1) is 0 Å². The van der Waals surface area contributed by atoms with Crippen LogP contribution >= 0.6 is 0 Å². The van der Waals surface area contributed by atoms with Crippen molar-refractivity contribution in [3.63, 3.8) is 0 Å². The number of methoxy groups -OCH3 is 1. The number of hydrogen-bond donors (Lipinski definition) is 1. The van der Waals surface area contributed by atoms with Crippen LogP contribution in [-0.2, 0) is 4.79 Å². The minimum atomic E-state index is -0.375. The molecular formula is C17H21N3O5. The molecule has 0 saturated heterocycles. The molecule has 0 aliphatic heterocycles. The average Bonchev–Trinajstić information content (AvgIpc) is 2.63. The van der Waals surface area contributed by atoms with Gasteiger partial charge in [0.2, 0.25) is 5.88 Å². The number of rotatable bonds is 9. The van der Waals surface area contributed by atoms with E-state index in [9.17, 15) is 4.79 Å². The average molecular weight is 347 g/mol. The first-order valence-electron chi connectivity index (χ1n) is 7.86. The van der Waals surface area contributed by atoms with Gasteiger partial charge < -0.3 is 24.3 Å².